The van der Waals surface area contributed by atoms with E-state index in [0.717, 1.165) is 26.3 Å². The summed E-state index contributed by atoms with van der Waals surface area (Å²) in [6.07, 6.45) is 0.510. The maximum absolute atomic E-state index is 12.4. The summed E-state index contributed by atoms with van der Waals surface area (Å²) in [7, 11) is 0. The average Bonchev–Trinajstić information content (AvgIpc) is 2.86. The summed E-state index contributed by atoms with van der Waals surface area (Å²) in [5, 5.41) is 5.11. The van der Waals surface area contributed by atoms with E-state index >= 15 is 0 Å². The third-order valence-corrected chi connectivity index (χ3v) is 6.65. The van der Waals surface area contributed by atoms with Gasteiger partial charge in [-0.05, 0) is 24.8 Å². The Hall–Kier alpha value is -0.330. The standard InChI is InChI=1S/C15H20Cl2N2O2S/c1-14(10-15(14,16)17)13(20)18-9-11(12-3-2-8-22-12)19-4-6-21-7-5-19/h2-3,8,11H,4-7,9-10H2,1H3,(H,18,20). The summed E-state index contributed by atoms with van der Waals surface area (Å²) in [5.74, 6) is -0.0627. The third kappa shape index (κ3) is 3.15. The molecule has 1 saturated heterocycles. The van der Waals surface area contributed by atoms with Gasteiger partial charge in [0.1, 0.15) is 4.33 Å². The fraction of sp³-hybridized carbons (Fsp3) is 0.667. The minimum Gasteiger partial charge on any atom is -0.379 e. The van der Waals surface area contributed by atoms with Gasteiger partial charge in [-0.2, -0.15) is 0 Å². The van der Waals surface area contributed by atoms with Crippen LogP contribution in [-0.2, 0) is 9.53 Å². The predicted molar refractivity (Wildman–Crippen MR) is 89.6 cm³/mol. The number of rotatable bonds is 5. The number of halogens is 2. The lowest BCUT2D eigenvalue weighted by Crippen LogP contribution is -2.45. The quantitative estimate of drug-likeness (QED) is 0.818. The number of carbonyl (C=O) groups excluding carboxylic acids is 1. The lowest BCUT2D eigenvalue weighted by Gasteiger charge is -2.34. The van der Waals surface area contributed by atoms with Crippen molar-refractivity contribution in [1.29, 1.82) is 0 Å². The second-order valence-electron chi connectivity index (χ2n) is 6.10. The maximum Gasteiger partial charge on any atom is 0.229 e. The van der Waals surface area contributed by atoms with E-state index in [9.17, 15) is 4.79 Å². The Labute approximate surface area is 144 Å². The van der Waals surface area contributed by atoms with E-state index in [2.05, 4.69) is 21.7 Å². The van der Waals surface area contributed by atoms with Crippen LogP contribution < -0.4 is 5.32 Å². The molecule has 1 amide bonds. The fourth-order valence-electron chi connectivity index (χ4n) is 2.81. The highest BCUT2D eigenvalue weighted by atomic mass is 35.5. The zero-order chi connectivity index (χ0) is 15.8. The largest absolute Gasteiger partial charge is 0.379 e. The number of hydrogen-bond acceptors (Lipinski definition) is 4. The van der Waals surface area contributed by atoms with Crippen LogP contribution in [0.3, 0.4) is 0 Å². The highest BCUT2D eigenvalue weighted by molar-refractivity contribution is 7.10. The van der Waals surface area contributed by atoms with E-state index < -0.39 is 9.75 Å². The minimum absolute atomic E-state index is 0.0627. The lowest BCUT2D eigenvalue weighted by atomic mass is 10.1. The molecule has 1 saturated carbocycles. The minimum atomic E-state index is -0.922. The molecule has 1 aromatic heterocycles. The molecule has 1 aromatic rings. The molecule has 1 aliphatic carbocycles. The molecular weight excluding hydrogens is 343 g/mol. The molecule has 2 aliphatic rings. The molecule has 1 aliphatic heterocycles. The Balaban J connectivity index is 1.65. The van der Waals surface area contributed by atoms with Crippen molar-refractivity contribution in [2.24, 2.45) is 5.41 Å². The maximum atomic E-state index is 12.4. The van der Waals surface area contributed by atoms with Crippen LogP contribution in [0.4, 0.5) is 0 Å². The zero-order valence-electron chi connectivity index (χ0n) is 12.5. The molecule has 4 nitrogen and oxygen atoms in total. The van der Waals surface area contributed by atoms with Crippen LogP contribution in [0, 0.1) is 5.41 Å². The van der Waals surface area contributed by atoms with E-state index in [1.54, 1.807) is 11.3 Å². The average molecular weight is 363 g/mol. The molecule has 0 spiro atoms. The fourth-order valence-corrected chi connectivity index (χ4v) is 4.38. The van der Waals surface area contributed by atoms with Gasteiger partial charge in [-0.3, -0.25) is 9.69 Å². The van der Waals surface area contributed by atoms with Crippen LogP contribution in [0.25, 0.3) is 0 Å². The summed E-state index contributed by atoms with van der Waals surface area (Å²) in [4.78, 5) is 16.0. The van der Waals surface area contributed by atoms with E-state index in [1.165, 1.54) is 4.88 Å². The smallest absolute Gasteiger partial charge is 0.229 e. The molecule has 2 unspecified atom stereocenters. The Kier molecular flexibility index (Phi) is 4.72. The molecule has 3 rings (SSSR count). The van der Waals surface area contributed by atoms with Crippen LogP contribution >= 0.6 is 34.5 Å². The van der Waals surface area contributed by atoms with E-state index in [1.807, 2.05) is 13.0 Å². The molecule has 22 heavy (non-hydrogen) atoms. The summed E-state index contributed by atoms with van der Waals surface area (Å²) in [5.41, 5.74) is -0.666. The van der Waals surface area contributed by atoms with Crippen molar-refractivity contribution in [2.75, 3.05) is 32.8 Å². The van der Waals surface area contributed by atoms with Crippen molar-refractivity contribution >= 4 is 40.4 Å². The van der Waals surface area contributed by atoms with Gasteiger partial charge >= 0.3 is 0 Å². The van der Waals surface area contributed by atoms with Gasteiger partial charge in [0, 0.05) is 24.5 Å². The summed E-state index contributed by atoms with van der Waals surface area (Å²) in [6.45, 7) is 5.62. The molecule has 2 heterocycles. The Bertz CT molecular complexity index is 532. The summed E-state index contributed by atoms with van der Waals surface area (Å²) < 4.78 is 4.50. The van der Waals surface area contributed by atoms with Crippen LogP contribution in [0.5, 0.6) is 0 Å². The van der Waals surface area contributed by atoms with E-state index in [-0.39, 0.29) is 11.9 Å². The first-order valence-corrected chi connectivity index (χ1v) is 9.09. The molecule has 122 valence electrons. The molecule has 0 aromatic carbocycles. The molecule has 0 bridgehead atoms. The van der Waals surface area contributed by atoms with Crippen molar-refractivity contribution < 1.29 is 9.53 Å². The van der Waals surface area contributed by atoms with Gasteiger partial charge in [0.25, 0.3) is 0 Å². The van der Waals surface area contributed by atoms with Gasteiger partial charge in [-0.1, -0.05) is 6.07 Å². The van der Waals surface area contributed by atoms with Crippen LogP contribution in [-0.4, -0.2) is 48.0 Å². The van der Waals surface area contributed by atoms with Crippen molar-refractivity contribution in [3.05, 3.63) is 22.4 Å². The lowest BCUT2D eigenvalue weighted by molar-refractivity contribution is -0.126. The van der Waals surface area contributed by atoms with Crippen LogP contribution in [0.2, 0.25) is 0 Å². The second kappa shape index (κ2) is 6.29. The van der Waals surface area contributed by atoms with E-state index in [0.29, 0.717) is 13.0 Å². The van der Waals surface area contributed by atoms with Crippen LogP contribution in [0.15, 0.2) is 17.5 Å². The molecule has 0 radical (unpaired) electrons. The number of hydrogen-bond donors (Lipinski definition) is 1. The topological polar surface area (TPSA) is 41.6 Å². The first kappa shape index (κ1) is 16.5. The first-order valence-electron chi connectivity index (χ1n) is 7.45. The Morgan fingerprint density at radius 2 is 2.18 bits per heavy atom. The second-order valence-corrected chi connectivity index (χ2v) is 8.57. The highest BCUT2D eigenvalue weighted by Crippen LogP contribution is 2.63. The van der Waals surface area contributed by atoms with Crippen molar-refractivity contribution in [1.82, 2.24) is 10.2 Å². The highest BCUT2D eigenvalue weighted by Gasteiger charge is 2.67. The number of morpholine rings is 1. The molecule has 1 N–H and O–H groups in total. The van der Waals surface area contributed by atoms with Gasteiger partial charge in [-0.25, -0.2) is 0 Å². The molecular formula is C15H20Cl2N2O2S. The number of nitrogens with zero attached hydrogens (tertiary/aromatic N) is 1. The number of nitrogens with one attached hydrogen (secondary N) is 1. The summed E-state index contributed by atoms with van der Waals surface area (Å²) in [6, 6.07) is 4.33. The van der Waals surface area contributed by atoms with Crippen molar-refractivity contribution in [2.45, 2.75) is 23.7 Å². The number of ether oxygens (including phenoxy) is 1. The zero-order valence-corrected chi connectivity index (χ0v) is 14.8. The third-order valence-electron chi connectivity index (χ3n) is 4.57. The molecule has 7 heteroatoms. The number of alkyl halides is 2. The van der Waals surface area contributed by atoms with Crippen LogP contribution in [0.1, 0.15) is 24.3 Å². The van der Waals surface area contributed by atoms with Gasteiger partial charge in [0.2, 0.25) is 5.91 Å². The van der Waals surface area contributed by atoms with E-state index in [4.69, 9.17) is 27.9 Å². The van der Waals surface area contributed by atoms with Gasteiger partial charge in [0.05, 0.1) is 24.7 Å². The van der Waals surface area contributed by atoms with Gasteiger partial charge in [0.15, 0.2) is 0 Å². The summed E-state index contributed by atoms with van der Waals surface area (Å²) >= 11 is 13.9. The number of amides is 1. The number of thiophene rings is 1. The Morgan fingerprint density at radius 1 is 1.50 bits per heavy atom. The molecule has 2 fully saturated rings. The SMILES string of the molecule is CC1(C(=O)NCC(c2cccs2)N2CCOCC2)CC1(Cl)Cl. The predicted octanol–water partition coefficient (Wildman–Crippen LogP) is 2.82. The van der Waals surface area contributed by atoms with Gasteiger partial charge in [-0.15, -0.1) is 34.5 Å². The normalized spacial score (nSPS) is 29.0. The molecule has 2 atom stereocenters. The van der Waals surface area contributed by atoms with Gasteiger partial charge < -0.3 is 10.1 Å². The monoisotopic (exact) mass is 362 g/mol. The van der Waals surface area contributed by atoms with Crippen molar-refractivity contribution in [3.63, 3.8) is 0 Å². The Morgan fingerprint density at radius 3 is 2.73 bits per heavy atom. The number of carbonyl (C=O) groups is 1. The first-order chi connectivity index (χ1) is 10.4. The van der Waals surface area contributed by atoms with Crippen molar-refractivity contribution in [3.8, 4) is 0 Å².